The van der Waals surface area contributed by atoms with Crippen LogP contribution in [0.3, 0.4) is 0 Å². The predicted octanol–water partition coefficient (Wildman–Crippen LogP) is 0.328. The molecule has 0 aliphatic rings. The minimum atomic E-state index is -0.592. The highest BCUT2D eigenvalue weighted by molar-refractivity contribution is 5.97. The predicted molar refractivity (Wildman–Crippen MR) is 44.7 cm³/mol. The Morgan fingerprint density at radius 1 is 1.62 bits per heavy atom. The molecule has 0 atom stereocenters. The van der Waals surface area contributed by atoms with Gasteiger partial charge in [0.2, 0.25) is 0 Å². The van der Waals surface area contributed by atoms with Crippen LogP contribution in [0, 0.1) is 6.92 Å². The van der Waals surface area contributed by atoms with Crippen LogP contribution in [0.5, 0.6) is 0 Å². The maximum Gasteiger partial charge on any atom is 0.359 e. The van der Waals surface area contributed by atoms with Gasteiger partial charge in [-0.1, -0.05) is 0 Å². The Bertz CT molecular complexity index is 355. The number of rotatable bonds is 2. The second kappa shape index (κ2) is 3.38. The number of carbonyl (C=O) groups excluding carboxylic acids is 2. The maximum absolute atomic E-state index is 11.1. The Morgan fingerprint density at radius 2 is 2.23 bits per heavy atom. The molecule has 1 heterocycles. The van der Waals surface area contributed by atoms with Crippen molar-refractivity contribution in [2.75, 3.05) is 7.11 Å². The van der Waals surface area contributed by atoms with Crippen molar-refractivity contribution in [3.8, 4) is 0 Å². The Morgan fingerprint density at radius 3 is 2.69 bits per heavy atom. The van der Waals surface area contributed by atoms with E-state index in [1.807, 2.05) is 0 Å². The molecule has 0 N–H and O–H groups in total. The van der Waals surface area contributed by atoms with E-state index in [2.05, 4.69) is 9.84 Å². The van der Waals surface area contributed by atoms with Gasteiger partial charge in [-0.15, -0.1) is 0 Å². The molecule has 0 aromatic carbocycles. The maximum atomic E-state index is 11.1. The van der Waals surface area contributed by atoms with Gasteiger partial charge in [-0.3, -0.25) is 9.48 Å². The van der Waals surface area contributed by atoms with Crippen LogP contribution in [0.4, 0.5) is 0 Å². The number of methoxy groups -OCH3 is 1. The second-order valence-electron chi connectivity index (χ2n) is 2.58. The second-order valence-corrected chi connectivity index (χ2v) is 2.58. The third kappa shape index (κ3) is 1.44. The topological polar surface area (TPSA) is 61.2 Å². The molecule has 0 amide bonds. The van der Waals surface area contributed by atoms with E-state index in [-0.39, 0.29) is 11.3 Å². The van der Waals surface area contributed by atoms with Crippen molar-refractivity contribution in [2.24, 2.45) is 7.05 Å². The standard InChI is InChI=1S/C8H10N2O3/c1-5-6(4-11)7(8(12)13-3)9-10(5)2/h4H,1-3H3. The van der Waals surface area contributed by atoms with Crippen molar-refractivity contribution >= 4 is 12.3 Å². The van der Waals surface area contributed by atoms with Crippen LogP contribution in [-0.2, 0) is 11.8 Å². The lowest BCUT2D eigenvalue weighted by molar-refractivity contribution is 0.0591. The van der Waals surface area contributed by atoms with Gasteiger partial charge in [-0.25, -0.2) is 4.79 Å². The molecule has 0 aliphatic heterocycles. The van der Waals surface area contributed by atoms with Crippen molar-refractivity contribution in [1.29, 1.82) is 0 Å². The molecule has 5 heteroatoms. The summed E-state index contributed by atoms with van der Waals surface area (Å²) in [6, 6.07) is 0. The highest BCUT2D eigenvalue weighted by atomic mass is 16.5. The van der Waals surface area contributed by atoms with Gasteiger partial charge in [0.05, 0.1) is 12.7 Å². The number of aryl methyl sites for hydroxylation is 1. The van der Waals surface area contributed by atoms with Crippen LogP contribution < -0.4 is 0 Å². The summed E-state index contributed by atoms with van der Waals surface area (Å²) in [4.78, 5) is 21.7. The molecule has 5 nitrogen and oxygen atoms in total. The highest BCUT2D eigenvalue weighted by Crippen LogP contribution is 2.10. The smallest absolute Gasteiger partial charge is 0.359 e. The van der Waals surface area contributed by atoms with Gasteiger partial charge in [-0.2, -0.15) is 5.10 Å². The quantitative estimate of drug-likeness (QED) is 0.488. The Kier molecular flexibility index (Phi) is 2.46. The SMILES string of the molecule is COC(=O)c1nn(C)c(C)c1C=O. The fourth-order valence-electron chi connectivity index (χ4n) is 1.01. The van der Waals surface area contributed by atoms with Gasteiger partial charge in [0.1, 0.15) is 0 Å². The van der Waals surface area contributed by atoms with Crippen LogP contribution in [0.2, 0.25) is 0 Å². The summed E-state index contributed by atoms with van der Waals surface area (Å²) < 4.78 is 5.94. The Hall–Kier alpha value is -1.65. The first-order valence-electron chi connectivity index (χ1n) is 3.69. The fourth-order valence-corrected chi connectivity index (χ4v) is 1.01. The summed E-state index contributed by atoms with van der Waals surface area (Å²) in [7, 11) is 2.91. The lowest BCUT2D eigenvalue weighted by Crippen LogP contribution is -2.05. The van der Waals surface area contributed by atoms with Crippen molar-refractivity contribution in [3.05, 3.63) is 17.0 Å². The van der Waals surface area contributed by atoms with Gasteiger partial charge in [0, 0.05) is 12.7 Å². The molecular formula is C8H10N2O3. The van der Waals surface area contributed by atoms with E-state index in [4.69, 9.17) is 0 Å². The van der Waals surface area contributed by atoms with E-state index < -0.39 is 5.97 Å². The van der Waals surface area contributed by atoms with E-state index in [9.17, 15) is 9.59 Å². The number of aromatic nitrogens is 2. The average Bonchev–Trinajstić information content (AvgIpc) is 2.42. The van der Waals surface area contributed by atoms with Crippen LogP contribution in [0.1, 0.15) is 26.5 Å². The molecule has 0 radical (unpaired) electrons. The van der Waals surface area contributed by atoms with Gasteiger partial charge >= 0.3 is 5.97 Å². The molecule has 0 aliphatic carbocycles. The van der Waals surface area contributed by atoms with Crippen molar-refractivity contribution in [1.82, 2.24) is 9.78 Å². The fraction of sp³-hybridized carbons (Fsp3) is 0.375. The molecule has 1 aromatic heterocycles. The Labute approximate surface area is 75.3 Å². The molecule has 0 fully saturated rings. The van der Waals surface area contributed by atoms with Gasteiger partial charge < -0.3 is 4.74 Å². The van der Waals surface area contributed by atoms with Gasteiger partial charge in [0.25, 0.3) is 0 Å². The molecule has 0 saturated heterocycles. The molecule has 70 valence electrons. The molecule has 0 spiro atoms. The third-order valence-electron chi connectivity index (χ3n) is 1.88. The lowest BCUT2D eigenvalue weighted by Gasteiger charge is -1.93. The first-order chi connectivity index (χ1) is 6.11. The number of nitrogens with zero attached hydrogens (tertiary/aromatic N) is 2. The monoisotopic (exact) mass is 182 g/mol. The summed E-state index contributed by atoms with van der Waals surface area (Å²) in [5.41, 5.74) is 1.00. The molecular weight excluding hydrogens is 172 g/mol. The highest BCUT2D eigenvalue weighted by Gasteiger charge is 2.19. The van der Waals surface area contributed by atoms with Crippen molar-refractivity contribution in [2.45, 2.75) is 6.92 Å². The summed E-state index contributed by atoms with van der Waals surface area (Å²) in [6.45, 7) is 1.71. The van der Waals surface area contributed by atoms with Crippen LogP contribution in [0.25, 0.3) is 0 Å². The number of aldehydes is 1. The van der Waals surface area contributed by atoms with E-state index in [1.54, 1.807) is 14.0 Å². The van der Waals surface area contributed by atoms with E-state index in [0.717, 1.165) is 0 Å². The van der Waals surface area contributed by atoms with Gasteiger partial charge in [0.15, 0.2) is 12.0 Å². The van der Waals surface area contributed by atoms with Crippen LogP contribution in [0.15, 0.2) is 0 Å². The summed E-state index contributed by atoms with van der Waals surface area (Å²) >= 11 is 0. The number of esters is 1. The zero-order valence-electron chi connectivity index (χ0n) is 7.70. The van der Waals surface area contributed by atoms with E-state index >= 15 is 0 Å². The third-order valence-corrected chi connectivity index (χ3v) is 1.88. The molecule has 1 aromatic rings. The van der Waals surface area contributed by atoms with Crippen LogP contribution >= 0.6 is 0 Å². The molecule has 0 saturated carbocycles. The largest absolute Gasteiger partial charge is 0.464 e. The summed E-state index contributed by atoms with van der Waals surface area (Å²) in [5, 5.41) is 3.86. The lowest BCUT2D eigenvalue weighted by atomic mass is 10.2. The number of hydrogen-bond donors (Lipinski definition) is 0. The minimum Gasteiger partial charge on any atom is -0.464 e. The first kappa shape index (κ1) is 9.44. The molecule has 13 heavy (non-hydrogen) atoms. The normalized spacial score (nSPS) is 9.77. The number of carbonyl (C=O) groups is 2. The van der Waals surface area contributed by atoms with Crippen molar-refractivity contribution in [3.63, 3.8) is 0 Å². The molecule has 0 unspecified atom stereocenters. The van der Waals surface area contributed by atoms with Crippen LogP contribution in [-0.4, -0.2) is 29.1 Å². The Balaban J connectivity index is 3.29. The van der Waals surface area contributed by atoms with E-state index in [1.165, 1.54) is 11.8 Å². The minimum absolute atomic E-state index is 0.0671. The van der Waals surface area contributed by atoms with Crippen molar-refractivity contribution < 1.29 is 14.3 Å². The van der Waals surface area contributed by atoms with E-state index in [0.29, 0.717) is 12.0 Å². The number of ether oxygens (including phenoxy) is 1. The molecule has 0 bridgehead atoms. The first-order valence-corrected chi connectivity index (χ1v) is 3.69. The molecule has 1 rings (SSSR count). The number of hydrogen-bond acceptors (Lipinski definition) is 4. The summed E-state index contributed by atoms with van der Waals surface area (Å²) in [6.07, 6.45) is 0.606. The average molecular weight is 182 g/mol. The zero-order chi connectivity index (χ0) is 10.0. The zero-order valence-corrected chi connectivity index (χ0v) is 7.70. The summed E-state index contributed by atoms with van der Waals surface area (Å²) in [5.74, 6) is -0.592. The van der Waals surface area contributed by atoms with Gasteiger partial charge in [-0.05, 0) is 6.92 Å².